The van der Waals surface area contributed by atoms with Gasteiger partial charge in [-0.2, -0.15) is 10.4 Å². The number of fused-ring (bicyclic) bond motifs is 1. The lowest BCUT2D eigenvalue weighted by atomic mass is 9.71. The smallest absolute Gasteiger partial charge is 0.237 e. The maximum absolute atomic E-state index is 9.15. The van der Waals surface area contributed by atoms with Crippen LogP contribution >= 0.6 is 0 Å². The maximum Gasteiger partial charge on any atom is 0.237 e. The first-order chi connectivity index (χ1) is 11.3. The highest BCUT2D eigenvalue weighted by Crippen LogP contribution is 2.40. The normalized spacial score (nSPS) is 23.1. The van der Waals surface area contributed by atoms with E-state index in [0.717, 1.165) is 22.3 Å². The molecular weight excluding hydrogens is 290 g/mol. The number of aromatic nitrogens is 5. The average molecular weight is 304 g/mol. The summed E-state index contributed by atoms with van der Waals surface area (Å²) in [7, 11) is 0. The molecule has 0 saturated heterocycles. The van der Waals surface area contributed by atoms with Crippen molar-refractivity contribution in [2.45, 2.75) is 30.8 Å². The highest BCUT2D eigenvalue weighted by molar-refractivity contribution is 5.89. The molecule has 3 heterocycles. The third-order valence-electron chi connectivity index (χ3n) is 4.59. The summed E-state index contributed by atoms with van der Waals surface area (Å²) < 4.78 is 1.97. The minimum absolute atomic E-state index is 0.0121. The van der Waals surface area contributed by atoms with E-state index in [4.69, 9.17) is 11.8 Å². The minimum atomic E-state index is -0.299. The first-order valence-electron chi connectivity index (χ1n) is 7.38. The predicted octanol–water partition coefficient (Wildman–Crippen LogP) is 1.93. The molecule has 1 fully saturated rings. The van der Waals surface area contributed by atoms with Gasteiger partial charge in [-0.25, -0.2) is 16.5 Å². The molecular formula is C16H14N7+. The van der Waals surface area contributed by atoms with Crippen LogP contribution in [0.4, 0.5) is 0 Å². The molecule has 7 heteroatoms. The van der Waals surface area contributed by atoms with Crippen molar-refractivity contribution in [3.8, 4) is 17.3 Å². The summed E-state index contributed by atoms with van der Waals surface area (Å²) >= 11 is 0. The van der Waals surface area contributed by atoms with Crippen LogP contribution in [0.5, 0.6) is 0 Å². The van der Waals surface area contributed by atoms with Crippen LogP contribution in [0.15, 0.2) is 31.0 Å². The maximum atomic E-state index is 9.15. The molecule has 0 atom stereocenters. The van der Waals surface area contributed by atoms with Gasteiger partial charge < -0.3 is 9.83 Å². The summed E-state index contributed by atoms with van der Waals surface area (Å²) in [6.07, 6.45) is 9.05. The average Bonchev–Trinajstić information content (AvgIpc) is 3.18. The number of nitrogens with zero attached hydrogens (tertiary/aromatic N) is 5. The van der Waals surface area contributed by atoms with Crippen LogP contribution in [0, 0.1) is 17.9 Å². The van der Waals surface area contributed by atoms with Gasteiger partial charge in [0, 0.05) is 11.6 Å². The quantitative estimate of drug-likeness (QED) is 0.572. The van der Waals surface area contributed by atoms with Crippen LogP contribution in [0.1, 0.15) is 19.3 Å². The van der Waals surface area contributed by atoms with Crippen LogP contribution < -0.4 is 4.68 Å². The second kappa shape index (κ2) is 4.92. The predicted molar refractivity (Wildman–Crippen MR) is 81.7 cm³/mol. The minimum Gasteiger partial charge on any atom is -0.346 e. The summed E-state index contributed by atoms with van der Waals surface area (Å²) in [5, 5.41) is 13.3. The Labute approximate surface area is 132 Å². The topological polar surface area (TPSA) is 89.4 Å². The summed E-state index contributed by atoms with van der Waals surface area (Å²) in [6.45, 7) is 7.15. The third-order valence-corrected chi connectivity index (χ3v) is 4.59. The van der Waals surface area contributed by atoms with Gasteiger partial charge in [-0.05, 0) is 6.07 Å². The Balaban J connectivity index is 1.74. The number of rotatable bonds is 3. The van der Waals surface area contributed by atoms with E-state index < -0.39 is 0 Å². The van der Waals surface area contributed by atoms with Gasteiger partial charge >= 0.3 is 0 Å². The Bertz CT molecular complexity index is 947. The number of nitriles is 1. The fourth-order valence-corrected chi connectivity index (χ4v) is 3.34. The van der Waals surface area contributed by atoms with Gasteiger partial charge in [-0.3, -0.25) is 0 Å². The van der Waals surface area contributed by atoms with Crippen LogP contribution in [-0.4, -0.2) is 26.1 Å². The number of aromatic amines is 2. The molecule has 7 nitrogen and oxygen atoms in total. The molecule has 23 heavy (non-hydrogen) atoms. The van der Waals surface area contributed by atoms with Gasteiger partial charge in [0.15, 0.2) is 0 Å². The van der Waals surface area contributed by atoms with Gasteiger partial charge in [0.05, 0.1) is 36.4 Å². The Hall–Kier alpha value is -3.19. The summed E-state index contributed by atoms with van der Waals surface area (Å²) in [4.78, 5) is 15.3. The van der Waals surface area contributed by atoms with E-state index in [1.54, 1.807) is 0 Å². The van der Waals surface area contributed by atoms with Crippen molar-refractivity contribution in [2.75, 3.05) is 0 Å². The molecule has 3 aromatic heterocycles. The van der Waals surface area contributed by atoms with E-state index in [2.05, 4.69) is 31.0 Å². The Kier molecular flexibility index (Phi) is 2.88. The van der Waals surface area contributed by atoms with Gasteiger partial charge in [0.1, 0.15) is 18.4 Å². The fourth-order valence-electron chi connectivity index (χ4n) is 3.34. The summed E-state index contributed by atoms with van der Waals surface area (Å²) in [6, 6.07) is 4.22. The molecule has 0 amide bonds. The van der Waals surface area contributed by atoms with Crippen molar-refractivity contribution >= 4 is 11.0 Å². The monoisotopic (exact) mass is 304 g/mol. The largest absolute Gasteiger partial charge is 0.346 e. The van der Waals surface area contributed by atoms with Crippen molar-refractivity contribution in [2.24, 2.45) is 0 Å². The van der Waals surface area contributed by atoms with E-state index in [1.165, 1.54) is 6.33 Å². The molecule has 1 aliphatic carbocycles. The lowest BCUT2D eigenvalue weighted by Gasteiger charge is -2.32. The standard InChI is InChI=1S/C16H13N7/c1-18-12-6-16(7-12,3-4-17)23-9-11(8-22-23)14-13-2-5-19-15(13)21-10-20-14/h2,5,8-10,12H,3,6-7H2,(H,19,20,21)/p+1. The zero-order valence-corrected chi connectivity index (χ0v) is 12.3. The van der Waals surface area contributed by atoms with E-state index in [9.17, 15) is 0 Å². The molecule has 0 unspecified atom stereocenters. The molecule has 1 aliphatic rings. The molecule has 4 rings (SSSR count). The van der Waals surface area contributed by atoms with Crippen molar-refractivity contribution in [1.82, 2.24) is 20.1 Å². The van der Waals surface area contributed by atoms with Crippen LogP contribution in [0.3, 0.4) is 0 Å². The Morgan fingerprint density at radius 3 is 3.13 bits per heavy atom. The van der Waals surface area contributed by atoms with E-state index in [-0.39, 0.29) is 11.6 Å². The van der Waals surface area contributed by atoms with Crippen LogP contribution in [0.2, 0.25) is 0 Å². The van der Waals surface area contributed by atoms with Crippen molar-refractivity contribution < 1.29 is 4.68 Å². The molecule has 0 bridgehead atoms. The van der Waals surface area contributed by atoms with Gasteiger partial charge in [-0.15, -0.1) is 4.68 Å². The highest BCUT2D eigenvalue weighted by Gasteiger charge is 2.57. The van der Waals surface area contributed by atoms with Gasteiger partial charge in [0.25, 0.3) is 0 Å². The molecule has 2 N–H and O–H groups in total. The lowest BCUT2D eigenvalue weighted by Crippen LogP contribution is -2.65. The fraction of sp³-hybridized carbons (Fsp3) is 0.312. The zero-order valence-electron chi connectivity index (χ0n) is 12.3. The van der Waals surface area contributed by atoms with E-state index in [0.29, 0.717) is 19.3 Å². The zero-order chi connectivity index (χ0) is 15.9. The molecule has 112 valence electrons. The Morgan fingerprint density at radius 2 is 2.35 bits per heavy atom. The van der Waals surface area contributed by atoms with Crippen molar-refractivity contribution in [3.05, 3.63) is 42.4 Å². The summed E-state index contributed by atoms with van der Waals surface area (Å²) in [5.41, 5.74) is 2.29. The first-order valence-corrected chi connectivity index (χ1v) is 7.38. The number of hydrogen-bond donors (Lipinski definition) is 2. The molecule has 0 aliphatic heterocycles. The van der Waals surface area contributed by atoms with Crippen molar-refractivity contribution in [1.29, 1.82) is 5.26 Å². The SMILES string of the molecule is [C-]#[N+]C1CC(CC#N)([n+]2cc(-c3ncnc4[nH]ccc34)c[nH]2)C1. The second-order valence-corrected chi connectivity index (χ2v) is 5.94. The van der Waals surface area contributed by atoms with Crippen molar-refractivity contribution in [3.63, 3.8) is 0 Å². The lowest BCUT2D eigenvalue weighted by molar-refractivity contribution is -0.822. The van der Waals surface area contributed by atoms with Gasteiger partial charge in [-0.1, -0.05) is 0 Å². The second-order valence-electron chi connectivity index (χ2n) is 5.94. The highest BCUT2D eigenvalue weighted by atomic mass is 15.3. The molecule has 3 aromatic rings. The first kappa shape index (κ1) is 13.5. The van der Waals surface area contributed by atoms with Crippen LogP contribution in [-0.2, 0) is 5.54 Å². The number of H-pyrrole nitrogens is 2. The third kappa shape index (κ3) is 1.98. The van der Waals surface area contributed by atoms with Crippen LogP contribution in [0.25, 0.3) is 27.1 Å². The van der Waals surface area contributed by atoms with E-state index >= 15 is 0 Å². The summed E-state index contributed by atoms with van der Waals surface area (Å²) in [5.74, 6) is 0. The van der Waals surface area contributed by atoms with Gasteiger partial charge in [0.2, 0.25) is 17.8 Å². The molecule has 0 radical (unpaired) electrons. The number of hydrogen-bond acceptors (Lipinski definition) is 3. The van der Waals surface area contributed by atoms with E-state index in [1.807, 2.05) is 29.3 Å². The molecule has 0 spiro atoms. The molecule has 0 aromatic carbocycles. The Morgan fingerprint density at radius 1 is 1.48 bits per heavy atom. The molecule has 1 saturated carbocycles. The number of nitrogens with one attached hydrogen (secondary N) is 2.